The molecule has 0 spiro atoms. The number of fused-ring (bicyclic) bond motifs is 1. The first kappa shape index (κ1) is 15.8. The molecule has 8 heteroatoms. The van der Waals surface area contributed by atoms with Gasteiger partial charge in [-0.25, -0.2) is 9.97 Å². The highest BCUT2D eigenvalue weighted by Crippen LogP contribution is 2.28. The van der Waals surface area contributed by atoms with E-state index in [0.29, 0.717) is 0 Å². The van der Waals surface area contributed by atoms with E-state index in [4.69, 9.17) is 14.7 Å². The largest absolute Gasteiger partial charge is 0.378 e. The Kier molecular flexibility index (Phi) is 4.43. The first-order valence-electron chi connectivity index (χ1n) is 8.44. The molecule has 1 aliphatic rings. The second kappa shape index (κ2) is 7.02. The summed E-state index contributed by atoms with van der Waals surface area (Å²) in [6.07, 6.45) is 3.45. The molecule has 2 aromatic heterocycles. The molecule has 1 aliphatic heterocycles. The van der Waals surface area contributed by atoms with Gasteiger partial charge in [0.05, 0.1) is 24.2 Å². The van der Waals surface area contributed by atoms with Crippen LogP contribution in [0.4, 0.5) is 11.6 Å². The Labute approximate surface area is 146 Å². The van der Waals surface area contributed by atoms with Crippen molar-refractivity contribution in [2.75, 3.05) is 49.7 Å². The third-order valence-corrected chi connectivity index (χ3v) is 4.37. The zero-order valence-electron chi connectivity index (χ0n) is 14.2. The Bertz CT molecular complexity index is 830. The van der Waals surface area contributed by atoms with Crippen molar-refractivity contribution in [3.8, 4) is 0 Å². The van der Waals surface area contributed by atoms with Crippen LogP contribution in [0.1, 0.15) is 0 Å². The quantitative estimate of drug-likeness (QED) is 0.691. The van der Waals surface area contributed by atoms with Gasteiger partial charge in [0.25, 0.3) is 0 Å². The van der Waals surface area contributed by atoms with Crippen LogP contribution in [0.15, 0.2) is 36.9 Å². The molecule has 3 heterocycles. The summed E-state index contributed by atoms with van der Waals surface area (Å²) in [5.74, 6) is 1.82. The minimum Gasteiger partial charge on any atom is -0.378 e. The van der Waals surface area contributed by atoms with Crippen LogP contribution in [0.25, 0.3) is 11.0 Å². The maximum absolute atomic E-state index is 5.48. The van der Waals surface area contributed by atoms with Crippen LogP contribution in [0.3, 0.4) is 0 Å². The molecule has 0 bridgehead atoms. The molecule has 4 rings (SSSR count). The summed E-state index contributed by atoms with van der Waals surface area (Å²) in [6, 6.07) is 8.00. The van der Waals surface area contributed by atoms with Crippen LogP contribution in [-0.4, -0.2) is 64.6 Å². The molecule has 1 saturated heterocycles. The van der Waals surface area contributed by atoms with Crippen LogP contribution in [0.2, 0.25) is 0 Å². The van der Waals surface area contributed by atoms with Crippen molar-refractivity contribution in [3.63, 3.8) is 0 Å². The molecule has 3 aromatic rings. The molecule has 0 N–H and O–H groups in total. The molecule has 0 aliphatic carbocycles. The molecule has 1 aromatic carbocycles. The van der Waals surface area contributed by atoms with Gasteiger partial charge in [-0.2, -0.15) is 0 Å². The van der Waals surface area contributed by atoms with E-state index in [1.807, 2.05) is 35.9 Å². The summed E-state index contributed by atoms with van der Waals surface area (Å²) >= 11 is 0. The lowest BCUT2D eigenvalue weighted by molar-refractivity contribution is 0.122. The molecule has 0 radical (unpaired) electrons. The van der Waals surface area contributed by atoms with Gasteiger partial charge in [0.1, 0.15) is 12.7 Å². The number of hydrogen-bond acceptors (Lipinski definition) is 7. The van der Waals surface area contributed by atoms with Crippen molar-refractivity contribution in [2.45, 2.75) is 6.54 Å². The molecule has 0 amide bonds. The second-order valence-electron chi connectivity index (χ2n) is 6.08. The van der Waals surface area contributed by atoms with E-state index in [2.05, 4.69) is 20.0 Å². The van der Waals surface area contributed by atoms with E-state index >= 15 is 0 Å². The van der Waals surface area contributed by atoms with Crippen molar-refractivity contribution in [3.05, 3.63) is 36.9 Å². The number of para-hydroxylation sites is 2. The van der Waals surface area contributed by atoms with Crippen molar-refractivity contribution in [1.29, 1.82) is 0 Å². The van der Waals surface area contributed by atoms with Gasteiger partial charge in [0.15, 0.2) is 11.6 Å². The fraction of sp³-hybridized carbons (Fsp3) is 0.412. The van der Waals surface area contributed by atoms with E-state index in [1.165, 1.54) is 0 Å². The summed E-state index contributed by atoms with van der Waals surface area (Å²) in [5, 5.41) is 7.70. The average molecular weight is 339 g/mol. The fourth-order valence-corrected chi connectivity index (χ4v) is 2.93. The molecule has 0 atom stereocenters. The Morgan fingerprint density at radius 1 is 1.04 bits per heavy atom. The van der Waals surface area contributed by atoms with E-state index < -0.39 is 0 Å². The fourth-order valence-electron chi connectivity index (χ4n) is 2.93. The van der Waals surface area contributed by atoms with Gasteiger partial charge in [-0.3, -0.25) is 0 Å². The number of anilines is 2. The number of aromatic nitrogens is 5. The molecule has 8 nitrogen and oxygen atoms in total. The monoisotopic (exact) mass is 339 g/mol. The number of likely N-dealkylation sites (N-methyl/N-ethyl adjacent to an activating group) is 1. The summed E-state index contributed by atoms with van der Waals surface area (Å²) in [7, 11) is 2.05. The Balaban J connectivity index is 1.66. The Morgan fingerprint density at radius 2 is 1.72 bits per heavy atom. The Morgan fingerprint density at radius 3 is 2.44 bits per heavy atom. The van der Waals surface area contributed by atoms with Gasteiger partial charge >= 0.3 is 0 Å². The summed E-state index contributed by atoms with van der Waals surface area (Å²) in [6.45, 7) is 4.69. The predicted molar refractivity (Wildman–Crippen MR) is 95.9 cm³/mol. The molecular weight excluding hydrogens is 318 g/mol. The topological polar surface area (TPSA) is 72.2 Å². The first-order valence-corrected chi connectivity index (χ1v) is 8.44. The molecule has 25 heavy (non-hydrogen) atoms. The lowest BCUT2D eigenvalue weighted by atomic mass is 10.3. The first-order chi connectivity index (χ1) is 12.3. The summed E-state index contributed by atoms with van der Waals surface area (Å²) in [4.78, 5) is 14.2. The van der Waals surface area contributed by atoms with Gasteiger partial charge in [0, 0.05) is 33.2 Å². The lowest BCUT2D eigenvalue weighted by Gasteiger charge is -2.31. The van der Waals surface area contributed by atoms with Crippen LogP contribution in [-0.2, 0) is 11.3 Å². The number of morpholine rings is 1. The highest BCUT2D eigenvalue weighted by atomic mass is 16.5. The maximum Gasteiger partial charge on any atom is 0.172 e. The Hall–Kier alpha value is -2.74. The number of hydrogen-bond donors (Lipinski definition) is 0. The van der Waals surface area contributed by atoms with Gasteiger partial charge < -0.3 is 19.1 Å². The van der Waals surface area contributed by atoms with Gasteiger partial charge in [0.2, 0.25) is 0 Å². The molecule has 130 valence electrons. The second-order valence-corrected chi connectivity index (χ2v) is 6.08. The molecule has 0 unspecified atom stereocenters. The molecular formula is C17H21N7O. The number of nitrogens with zero attached hydrogens (tertiary/aromatic N) is 7. The minimum atomic E-state index is 0.721. The minimum absolute atomic E-state index is 0.721. The van der Waals surface area contributed by atoms with Gasteiger partial charge in [-0.15, -0.1) is 10.2 Å². The SMILES string of the molecule is CN(CCn1cnnc1)c1nc2ccccc2nc1N1CCOCC1. The summed E-state index contributed by atoms with van der Waals surface area (Å²) < 4.78 is 7.44. The van der Waals surface area contributed by atoms with E-state index in [-0.39, 0.29) is 0 Å². The highest BCUT2D eigenvalue weighted by molar-refractivity contribution is 5.80. The van der Waals surface area contributed by atoms with Crippen molar-refractivity contribution in [2.24, 2.45) is 0 Å². The maximum atomic E-state index is 5.48. The molecule has 1 fully saturated rings. The predicted octanol–water partition coefficient (Wildman–Crippen LogP) is 1.19. The van der Waals surface area contributed by atoms with Crippen LogP contribution >= 0.6 is 0 Å². The zero-order chi connectivity index (χ0) is 17.1. The van der Waals surface area contributed by atoms with Crippen LogP contribution in [0, 0.1) is 0 Å². The summed E-state index contributed by atoms with van der Waals surface area (Å²) in [5.41, 5.74) is 1.82. The normalized spacial score (nSPS) is 14.8. The zero-order valence-corrected chi connectivity index (χ0v) is 14.2. The third-order valence-electron chi connectivity index (χ3n) is 4.37. The standard InChI is InChI=1S/C17H21N7O/c1-22(6-7-23-12-18-19-13-23)16-17(24-8-10-25-11-9-24)21-15-5-3-2-4-14(15)20-16/h2-5,12-13H,6-11H2,1H3. The van der Waals surface area contributed by atoms with Crippen molar-refractivity contribution >= 4 is 22.7 Å². The lowest BCUT2D eigenvalue weighted by Crippen LogP contribution is -2.38. The van der Waals surface area contributed by atoms with Crippen LogP contribution in [0.5, 0.6) is 0 Å². The number of rotatable bonds is 5. The number of ether oxygens (including phenoxy) is 1. The van der Waals surface area contributed by atoms with E-state index in [9.17, 15) is 0 Å². The van der Waals surface area contributed by atoms with Gasteiger partial charge in [-0.05, 0) is 12.1 Å². The van der Waals surface area contributed by atoms with Crippen molar-refractivity contribution in [1.82, 2.24) is 24.7 Å². The van der Waals surface area contributed by atoms with E-state index in [1.54, 1.807) is 12.7 Å². The smallest absolute Gasteiger partial charge is 0.172 e. The van der Waals surface area contributed by atoms with Crippen molar-refractivity contribution < 1.29 is 4.74 Å². The molecule has 0 saturated carbocycles. The van der Waals surface area contributed by atoms with Gasteiger partial charge in [-0.1, -0.05) is 12.1 Å². The highest BCUT2D eigenvalue weighted by Gasteiger charge is 2.20. The average Bonchev–Trinajstić information content (AvgIpc) is 3.19. The third kappa shape index (κ3) is 3.39. The van der Waals surface area contributed by atoms with E-state index in [0.717, 1.165) is 62.1 Å². The van der Waals surface area contributed by atoms with Crippen LogP contribution < -0.4 is 9.80 Å². The number of benzene rings is 1.